The summed E-state index contributed by atoms with van der Waals surface area (Å²) in [4.78, 5) is 11.1. The minimum atomic E-state index is -0.630. The van der Waals surface area contributed by atoms with Crippen molar-refractivity contribution >= 4 is 11.8 Å². The number of nitrogens with zero attached hydrogens (tertiary/aromatic N) is 1. The van der Waals surface area contributed by atoms with Crippen LogP contribution in [0.15, 0.2) is 23.3 Å². The van der Waals surface area contributed by atoms with E-state index >= 15 is 0 Å². The summed E-state index contributed by atoms with van der Waals surface area (Å²) in [6.45, 7) is 2.42. The fraction of sp³-hybridized carbons (Fsp3) is 0.333. The van der Waals surface area contributed by atoms with Gasteiger partial charge in [0, 0.05) is 12.0 Å². The van der Waals surface area contributed by atoms with E-state index in [1.807, 2.05) is 0 Å². The first-order valence-electron chi connectivity index (χ1n) is 5.62. The Morgan fingerprint density at radius 3 is 3.22 bits per heavy atom. The van der Waals surface area contributed by atoms with Gasteiger partial charge in [0.2, 0.25) is 0 Å². The van der Waals surface area contributed by atoms with Crippen molar-refractivity contribution in [3.63, 3.8) is 0 Å². The number of fused-ring (bicyclic) bond motifs is 1. The van der Waals surface area contributed by atoms with Gasteiger partial charge >= 0.3 is 6.09 Å². The van der Waals surface area contributed by atoms with E-state index in [1.54, 1.807) is 13.0 Å². The number of ether oxygens (including phenoxy) is 2. The van der Waals surface area contributed by atoms with Crippen LogP contribution in [0.4, 0.5) is 9.18 Å². The number of hydrazone groups is 1. The summed E-state index contributed by atoms with van der Waals surface area (Å²) < 4.78 is 23.2. The number of rotatable bonds is 2. The summed E-state index contributed by atoms with van der Waals surface area (Å²) in [5, 5.41) is 3.93. The van der Waals surface area contributed by atoms with Crippen molar-refractivity contribution in [3.05, 3.63) is 29.6 Å². The van der Waals surface area contributed by atoms with Crippen molar-refractivity contribution in [3.8, 4) is 5.75 Å². The van der Waals surface area contributed by atoms with Crippen LogP contribution in [0.5, 0.6) is 5.75 Å². The molecule has 18 heavy (non-hydrogen) atoms. The van der Waals surface area contributed by atoms with Gasteiger partial charge in [0.05, 0.1) is 18.9 Å². The molecular formula is C12H13FN2O3. The molecule has 0 bridgehead atoms. The molecule has 2 rings (SSSR count). The predicted molar refractivity (Wildman–Crippen MR) is 63.2 cm³/mol. The Morgan fingerprint density at radius 1 is 1.61 bits per heavy atom. The molecule has 0 fully saturated rings. The number of amides is 1. The van der Waals surface area contributed by atoms with E-state index < -0.39 is 6.09 Å². The van der Waals surface area contributed by atoms with Gasteiger partial charge in [0.1, 0.15) is 11.6 Å². The molecular weight excluding hydrogens is 239 g/mol. The average Bonchev–Trinajstić information content (AvgIpc) is 2.36. The highest BCUT2D eigenvalue weighted by molar-refractivity contribution is 6.04. The van der Waals surface area contributed by atoms with Gasteiger partial charge in [-0.3, -0.25) is 0 Å². The molecule has 0 atom stereocenters. The molecule has 1 aromatic carbocycles. The normalized spacial score (nSPS) is 15.8. The lowest BCUT2D eigenvalue weighted by molar-refractivity contribution is 0.152. The summed E-state index contributed by atoms with van der Waals surface area (Å²) in [5.41, 5.74) is 3.39. The van der Waals surface area contributed by atoms with Crippen LogP contribution in [-0.4, -0.2) is 25.0 Å². The third-order valence-electron chi connectivity index (χ3n) is 2.41. The number of benzene rings is 1. The molecule has 0 aliphatic carbocycles. The van der Waals surface area contributed by atoms with Crippen LogP contribution in [0, 0.1) is 5.82 Å². The number of halogens is 1. The number of nitrogens with one attached hydrogen (secondary N) is 1. The largest absolute Gasteiger partial charge is 0.492 e. The topological polar surface area (TPSA) is 59.9 Å². The van der Waals surface area contributed by atoms with E-state index in [-0.39, 0.29) is 12.4 Å². The second kappa shape index (κ2) is 5.48. The van der Waals surface area contributed by atoms with Gasteiger partial charge in [-0.15, -0.1) is 0 Å². The zero-order chi connectivity index (χ0) is 13.0. The predicted octanol–water partition coefficient (Wildman–Crippen LogP) is 2.06. The quantitative estimate of drug-likeness (QED) is 0.819. The summed E-state index contributed by atoms with van der Waals surface area (Å²) in [7, 11) is 0. The van der Waals surface area contributed by atoms with Crippen LogP contribution in [0.3, 0.4) is 0 Å². The first-order chi connectivity index (χ1) is 8.70. The molecule has 6 heteroatoms. The smallest absolute Gasteiger partial charge is 0.427 e. The molecule has 0 saturated heterocycles. The lowest BCUT2D eigenvalue weighted by atomic mass is 10.0. The molecule has 5 nitrogen and oxygen atoms in total. The Morgan fingerprint density at radius 2 is 2.44 bits per heavy atom. The second-order valence-electron chi connectivity index (χ2n) is 3.63. The number of hydrogen-bond acceptors (Lipinski definition) is 4. The highest BCUT2D eigenvalue weighted by Crippen LogP contribution is 2.25. The number of carbonyl (C=O) groups is 1. The lowest BCUT2D eigenvalue weighted by Gasteiger charge is -2.18. The van der Waals surface area contributed by atoms with Gasteiger partial charge in [-0.1, -0.05) is 0 Å². The molecule has 1 aromatic rings. The van der Waals surface area contributed by atoms with Crippen LogP contribution in [0.1, 0.15) is 18.9 Å². The molecule has 1 N–H and O–H groups in total. The van der Waals surface area contributed by atoms with Crippen molar-refractivity contribution in [1.82, 2.24) is 5.43 Å². The number of hydrogen-bond donors (Lipinski definition) is 1. The van der Waals surface area contributed by atoms with Crippen LogP contribution in [0.2, 0.25) is 0 Å². The molecule has 0 spiro atoms. The molecule has 1 aliphatic heterocycles. The van der Waals surface area contributed by atoms with Crippen LogP contribution >= 0.6 is 0 Å². The molecule has 0 unspecified atom stereocenters. The maximum absolute atomic E-state index is 13.2. The lowest BCUT2D eigenvalue weighted by Crippen LogP contribution is -2.24. The summed E-state index contributed by atoms with van der Waals surface area (Å²) in [6.07, 6.45) is -0.127. The van der Waals surface area contributed by atoms with Crippen molar-refractivity contribution in [1.29, 1.82) is 0 Å². The standard InChI is InChI=1S/C12H13FN2O3/c1-2-17-12(16)15-14-10-5-6-18-11-4-3-8(13)7-9(10)11/h3-4,7H,2,5-6H2,1H3,(H,15,16)/b14-10-. The van der Waals surface area contributed by atoms with Gasteiger partial charge < -0.3 is 9.47 Å². The molecule has 1 heterocycles. The zero-order valence-corrected chi connectivity index (χ0v) is 9.90. The molecule has 1 aliphatic rings. The Kier molecular flexibility index (Phi) is 3.76. The van der Waals surface area contributed by atoms with E-state index in [9.17, 15) is 9.18 Å². The van der Waals surface area contributed by atoms with Crippen LogP contribution in [0.25, 0.3) is 0 Å². The van der Waals surface area contributed by atoms with Gasteiger partial charge in [0.25, 0.3) is 0 Å². The molecule has 0 saturated carbocycles. The van der Waals surface area contributed by atoms with Gasteiger partial charge in [-0.25, -0.2) is 14.6 Å². The highest BCUT2D eigenvalue weighted by Gasteiger charge is 2.17. The summed E-state index contributed by atoms with van der Waals surface area (Å²) in [6, 6.07) is 4.20. The molecule has 96 valence electrons. The fourth-order valence-electron chi connectivity index (χ4n) is 1.64. The van der Waals surface area contributed by atoms with E-state index in [2.05, 4.69) is 15.3 Å². The minimum Gasteiger partial charge on any atom is -0.492 e. The highest BCUT2D eigenvalue weighted by atomic mass is 19.1. The molecule has 0 aromatic heterocycles. The number of carbonyl (C=O) groups excluding carboxylic acids is 1. The first kappa shape index (κ1) is 12.3. The Hall–Kier alpha value is -2.11. The summed E-state index contributed by atoms with van der Waals surface area (Å²) >= 11 is 0. The Bertz CT molecular complexity index is 488. The Balaban J connectivity index is 2.18. The second-order valence-corrected chi connectivity index (χ2v) is 3.63. The van der Waals surface area contributed by atoms with Crippen LogP contribution in [-0.2, 0) is 4.74 Å². The zero-order valence-electron chi connectivity index (χ0n) is 9.90. The first-order valence-corrected chi connectivity index (χ1v) is 5.62. The third kappa shape index (κ3) is 2.77. The van der Waals surface area contributed by atoms with Crippen molar-refractivity contribution in [2.24, 2.45) is 5.10 Å². The maximum Gasteiger partial charge on any atom is 0.427 e. The van der Waals surface area contributed by atoms with Gasteiger partial charge in [0.15, 0.2) is 0 Å². The van der Waals surface area contributed by atoms with Gasteiger partial charge in [-0.05, 0) is 25.1 Å². The maximum atomic E-state index is 13.2. The minimum absolute atomic E-state index is 0.269. The van der Waals surface area contributed by atoms with E-state index in [0.717, 1.165) is 0 Å². The third-order valence-corrected chi connectivity index (χ3v) is 2.41. The van der Waals surface area contributed by atoms with Crippen molar-refractivity contribution < 1.29 is 18.7 Å². The van der Waals surface area contributed by atoms with Crippen molar-refractivity contribution in [2.45, 2.75) is 13.3 Å². The molecule has 1 amide bonds. The SMILES string of the molecule is CCOC(=O)N/N=C1/CCOc2ccc(F)cc21. The van der Waals surface area contributed by atoms with E-state index in [4.69, 9.17) is 4.74 Å². The van der Waals surface area contributed by atoms with Gasteiger partial charge in [-0.2, -0.15) is 5.10 Å². The Labute approximate surface area is 104 Å². The van der Waals surface area contributed by atoms with Crippen LogP contribution < -0.4 is 10.2 Å². The van der Waals surface area contributed by atoms with Crippen molar-refractivity contribution in [2.75, 3.05) is 13.2 Å². The average molecular weight is 252 g/mol. The molecule has 0 radical (unpaired) electrons. The van der Waals surface area contributed by atoms with E-state index in [0.29, 0.717) is 30.1 Å². The summed E-state index contributed by atoms with van der Waals surface area (Å²) in [5.74, 6) is 0.190. The monoisotopic (exact) mass is 252 g/mol. The van der Waals surface area contributed by atoms with E-state index in [1.165, 1.54) is 12.1 Å². The fourth-order valence-corrected chi connectivity index (χ4v) is 1.64.